The fraction of sp³-hybridized carbons (Fsp3) is 0.467. The number of aromatic nitrogens is 1. The summed E-state index contributed by atoms with van der Waals surface area (Å²) in [6.45, 7) is 0. The monoisotopic (exact) mass is 262 g/mol. The van der Waals surface area contributed by atoms with Crippen molar-refractivity contribution in [3.63, 3.8) is 0 Å². The van der Waals surface area contributed by atoms with Crippen LogP contribution in [0.2, 0.25) is 5.02 Å². The molecule has 1 aliphatic carbocycles. The Labute approximate surface area is 113 Å². The molecule has 2 nitrogen and oxygen atoms in total. The molecule has 1 aromatic carbocycles. The van der Waals surface area contributed by atoms with Gasteiger partial charge in [0.25, 0.3) is 0 Å². The molecule has 0 spiro atoms. The zero-order valence-electron chi connectivity index (χ0n) is 10.7. The minimum Gasteiger partial charge on any atom is -0.350 e. The van der Waals surface area contributed by atoms with Crippen LogP contribution in [0.5, 0.6) is 0 Å². The second kappa shape index (κ2) is 4.60. The van der Waals surface area contributed by atoms with Gasteiger partial charge >= 0.3 is 0 Å². The molecule has 0 bridgehead atoms. The Balaban J connectivity index is 1.98. The van der Waals surface area contributed by atoms with Gasteiger partial charge in [-0.2, -0.15) is 0 Å². The van der Waals surface area contributed by atoms with Crippen molar-refractivity contribution in [2.75, 3.05) is 0 Å². The number of hydrogen-bond donors (Lipinski definition) is 1. The Bertz CT molecular complexity index is 573. The van der Waals surface area contributed by atoms with Crippen molar-refractivity contribution in [3.05, 3.63) is 35.0 Å². The number of nitrogens with zero attached hydrogens (tertiary/aromatic N) is 1. The molecule has 1 fully saturated rings. The van der Waals surface area contributed by atoms with Gasteiger partial charge < -0.3 is 10.3 Å². The first-order valence-corrected chi connectivity index (χ1v) is 7.02. The summed E-state index contributed by atoms with van der Waals surface area (Å²) in [4.78, 5) is 0. The topological polar surface area (TPSA) is 30.9 Å². The van der Waals surface area contributed by atoms with E-state index in [0.717, 1.165) is 11.4 Å². The standard InChI is InChI=1S/C15H19ClN2/c1-18-9-11(7-10-3-2-4-14(10)17)13-8-12(16)5-6-15(13)18/h5-6,8-10,14H,2-4,7,17H2,1H3. The quantitative estimate of drug-likeness (QED) is 0.882. The highest BCUT2D eigenvalue weighted by Crippen LogP contribution is 2.31. The van der Waals surface area contributed by atoms with Crippen LogP contribution >= 0.6 is 11.6 Å². The molecule has 2 N–H and O–H groups in total. The molecule has 96 valence electrons. The average molecular weight is 263 g/mol. The van der Waals surface area contributed by atoms with Crippen molar-refractivity contribution in [1.29, 1.82) is 0 Å². The van der Waals surface area contributed by atoms with Crippen LogP contribution in [0.1, 0.15) is 24.8 Å². The Hall–Kier alpha value is -0.990. The normalized spacial score (nSPS) is 23.9. The van der Waals surface area contributed by atoms with Crippen LogP contribution in [0.4, 0.5) is 0 Å². The molecule has 0 radical (unpaired) electrons. The maximum absolute atomic E-state index is 6.17. The number of halogens is 1. The molecule has 18 heavy (non-hydrogen) atoms. The minimum absolute atomic E-state index is 0.374. The Kier molecular flexibility index (Phi) is 3.08. The van der Waals surface area contributed by atoms with Crippen LogP contribution in [0, 0.1) is 5.92 Å². The molecule has 1 aromatic heterocycles. The summed E-state index contributed by atoms with van der Waals surface area (Å²) in [7, 11) is 2.09. The van der Waals surface area contributed by atoms with E-state index >= 15 is 0 Å². The molecule has 2 unspecified atom stereocenters. The molecular weight excluding hydrogens is 244 g/mol. The number of aryl methyl sites for hydroxylation is 1. The number of fused-ring (bicyclic) bond motifs is 1. The lowest BCUT2D eigenvalue weighted by Gasteiger charge is -2.14. The molecule has 0 amide bonds. The fourth-order valence-electron chi connectivity index (χ4n) is 3.21. The summed E-state index contributed by atoms with van der Waals surface area (Å²) in [6.07, 6.45) is 7.02. The lowest BCUT2D eigenvalue weighted by Crippen LogP contribution is -2.25. The molecule has 1 aliphatic rings. The second-order valence-corrected chi connectivity index (χ2v) is 5.92. The Morgan fingerprint density at radius 1 is 1.39 bits per heavy atom. The largest absolute Gasteiger partial charge is 0.350 e. The van der Waals surface area contributed by atoms with E-state index < -0.39 is 0 Å². The Morgan fingerprint density at radius 3 is 2.94 bits per heavy atom. The maximum Gasteiger partial charge on any atom is 0.0481 e. The van der Waals surface area contributed by atoms with Crippen molar-refractivity contribution < 1.29 is 0 Å². The smallest absolute Gasteiger partial charge is 0.0481 e. The van der Waals surface area contributed by atoms with Crippen LogP contribution in [0.15, 0.2) is 24.4 Å². The first-order valence-electron chi connectivity index (χ1n) is 6.64. The van der Waals surface area contributed by atoms with Gasteiger partial charge in [0.15, 0.2) is 0 Å². The van der Waals surface area contributed by atoms with Gasteiger partial charge in [-0.15, -0.1) is 0 Å². The molecule has 1 saturated carbocycles. The third-order valence-electron chi connectivity index (χ3n) is 4.23. The van der Waals surface area contributed by atoms with Crippen molar-refractivity contribution in [3.8, 4) is 0 Å². The third-order valence-corrected chi connectivity index (χ3v) is 4.47. The van der Waals surface area contributed by atoms with E-state index in [1.54, 1.807) is 0 Å². The van der Waals surface area contributed by atoms with E-state index in [1.807, 2.05) is 6.07 Å². The lowest BCUT2D eigenvalue weighted by atomic mass is 9.95. The van der Waals surface area contributed by atoms with E-state index in [1.165, 1.54) is 35.7 Å². The van der Waals surface area contributed by atoms with Crippen molar-refractivity contribution in [1.82, 2.24) is 4.57 Å². The lowest BCUT2D eigenvalue weighted by molar-refractivity contribution is 0.480. The summed E-state index contributed by atoms with van der Waals surface area (Å²) in [5, 5.41) is 2.09. The minimum atomic E-state index is 0.374. The fourth-order valence-corrected chi connectivity index (χ4v) is 3.38. The second-order valence-electron chi connectivity index (χ2n) is 5.49. The van der Waals surface area contributed by atoms with Gasteiger partial charge in [-0.25, -0.2) is 0 Å². The summed E-state index contributed by atoms with van der Waals surface area (Å²) in [5.74, 6) is 0.634. The molecular formula is C15H19ClN2. The zero-order chi connectivity index (χ0) is 12.7. The van der Waals surface area contributed by atoms with Gasteiger partial charge in [0.1, 0.15) is 0 Å². The summed E-state index contributed by atoms with van der Waals surface area (Å²) in [6, 6.07) is 6.50. The number of nitrogens with two attached hydrogens (primary N) is 1. The van der Waals surface area contributed by atoms with Crippen molar-refractivity contribution in [2.24, 2.45) is 18.7 Å². The van der Waals surface area contributed by atoms with E-state index in [4.69, 9.17) is 17.3 Å². The SMILES string of the molecule is Cn1cc(CC2CCCC2N)c2cc(Cl)ccc21. The van der Waals surface area contributed by atoms with Crippen molar-refractivity contribution >= 4 is 22.5 Å². The van der Waals surface area contributed by atoms with Crippen LogP contribution in [-0.2, 0) is 13.5 Å². The van der Waals surface area contributed by atoms with Gasteiger partial charge in [0, 0.05) is 35.2 Å². The van der Waals surface area contributed by atoms with E-state index in [9.17, 15) is 0 Å². The van der Waals surface area contributed by atoms with Crippen LogP contribution < -0.4 is 5.73 Å². The van der Waals surface area contributed by atoms with E-state index in [-0.39, 0.29) is 0 Å². The van der Waals surface area contributed by atoms with Crippen LogP contribution in [0.25, 0.3) is 10.9 Å². The van der Waals surface area contributed by atoms with Gasteiger partial charge in [-0.1, -0.05) is 18.0 Å². The molecule has 1 heterocycles. The third kappa shape index (κ3) is 2.04. The number of hydrogen-bond acceptors (Lipinski definition) is 1. The van der Waals surface area contributed by atoms with Crippen molar-refractivity contribution in [2.45, 2.75) is 31.7 Å². The number of rotatable bonds is 2. The van der Waals surface area contributed by atoms with Crippen LogP contribution in [-0.4, -0.2) is 10.6 Å². The molecule has 0 aliphatic heterocycles. The van der Waals surface area contributed by atoms with E-state index in [0.29, 0.717) is 12.0 Å². The molecule has 2 atom stereocenters. The Morgan fingerprint density at radius 2 is 2.22 bits per heavy atom. The molecule has 0 saturated heterocycles. The highest BCUT2D eigenvalue weighted by molar-refractivity contribution is 6.31. The molecule has 3 heteroatoms. The average Bonchev–Trinajstić information content (AvgIpc) is 2.86. The predicted octanol–water partition coefficient (Wildman–Crippen LogP) is 3.50. The first-order chi connectivity index (χ1) is 8.65. The molecule has 2 aromatic rings. The predicted molar refractivity (Wildman–Crippen MR) is 76.9 cm³/mol. The summed E-state index contributed by atoms with van der Waals surface area (Å²) in [5.41, 5.74) is 8.81. The first kappa shape index (κ1) is 12.1. The number of benzene rings is 1. The van der Waals surface area contributed by atoms with Gasteiger partial charge in [0.05, 0.1) is 0 Å². The highest BCUT2D eigenvalue weighted by Gasteiger charge is 2.25. The summed E-state index contributed by atoms with van der Waals surface area (Å²) < 4.78 is 2.18. The van der Waals surface area contributed by atoms with Gasteiger partial charge in [-0.05, 0) is 48.9 Å². The van der Waals surface area contributed by atoms with E-state index in [2.05, 4.69) is 29.9 Å². The van der Waals surface area contributed by atoms with Gasteiger partial charge in [0.2, 0.25) is 0 Å². The maximum atomic E-state index is 6.17. The summed E-state index contributed by atoms with van der Waals surface area (Å²) >= 11 is 6.11. The van der Waals surface area contributed by atoms with Crippen LogP contribution in [0.3, 0.4) is 0 Å². The highest BCUT2D eigenvalue weighted by atomic mass is 35.5. The van der Waals surface area contributed by atoms with Gasteiger partial charge in [-0.3, -0.25) is 0 Å². The zero-order valence-corrected chi connectivity index (χ0v) is 11.5. The molecule has 3 rings (SSSR count).